The number of aromatic nitrogens is 6. The summed E-state index contributed by atoms with van der Waals surface area (Å²) < 4.78 is 2.52. The standard InChI is InChI=1S/C13H20N6O/c1-4-5-6-11-12(9-10(2)3)19(17-15-11)13(20)18-8-7-14-16-18/h7-8,10H,4-6,9H2,1-3H3. The topological polar surface area (TPSA) is 78.5 Å². The van der Waals surface area contributed by atoms with Crippen LogP contribution < -0.4 is 0 Å². The van der Waals surface area contributed by atoms with E-state index in [9.17, 15) is 4.79 Å². The highest BCUT2D eigenvalue weighted by molar-refractivity contribution is 5.77. The Morgan fingerprint density at radius 1 is 1.35 bits per heavy atom. The van der Waals surface area contributed by atoms with Crippen LogP contribution in [-0.4, -0.2) is 36.0 Å². The van der Waals surface area contributed by atoms with Crippen molar-refractivity contribution in [3.05, 3.63) is 23.8 Å². The lowest BCUT2D eigenvalue weighted by atomic mass is 10.0. The van der Waals surface area contributed by atoms with Crippen LogP contribution in [0.25, 0.3) is 0 Å². The monoisotopic (exact) mass is 276 g/mol. The Labute approximate surface area is 118 Å². The molecule has 7 heteroatoms. The largest absolute Gasteiger partial charge is 0.372 e. The molecule has 0 bridgehead atoms. The molecule has 20 heavy (non-hydrogen) atoms. The van der Waals surface area contributed by atoms with Crippen LogP contribution in [0.2, 0.25) is 0 Å². The van der Waals surface area contributed by atoms with Gasteiger partial charge in [-0.15, -0.1) is 10.2 Å². The Bertz CT molecular complexity index is 557. The van der Waals surface area contributed by atoms with Crippen molar-refractivity contribution < 1.29 is 4.79 Å². The van der Waals surface area contributed by atoms with Crippen molar-refractivity contribution in [3.8, 4) is 0 Å². The zero-order valence-electron chi connectivity index (χ0n) is 12.2. The molecule has 0 unspecified atom stereocenters. The molecule has 0 saturated heterocycles. The zero-order chi connectivity index (χ0) is 14.5. The summed E-state index contributed by atoms with van der Waals surface area (Å²) in [5.41, 5.74) is 1.79. The van der Waals surface area contributed by atoms with Crippen LogP contribution in [0.1, 0.15) is 45.0 Å². The summed E-state index contributed by atoms with van der Waals surface area (Å²) >= 11 is 0. The molecule has 0 spiro atoms. The number of hydrogen-bond donors (Lipinski definition) is 0. The first-order chi connectivity index (χ1) is 9.63. The van der Waals surface area contributed by atoms with Gasteiger partial charge in [0.15, 0.2) is 0 Å². The first-order valence-electron chi connectivity index (χ1n) is 6.98. The van der Waals surface area contributed by atoms with E-state index in [1.165, 1.54) is 21.8 Å². The number of unbranched alkanes of at least 4 members (excludes halogenated alkanes) is 1. The van der Waals surface area contributed by atoms with Crippen LogP contribution in [-0.2, 0) is 12.8 Å². The number of aryl methyl sites for hydroxylation is 1. The summed E-state index contributed by atoms with van der Waals surface area (Å²) in [7, 11) is 0. The first kappa shape index (κ1) is 14.4. The summed E-state index contributed by atoms with van der Waals surface area (Å²) in [6.45, 7) is 6.36. The van der Waals surface area contributed by atoms with Gasteiger partial charge in [-0.3, -0.25) is 0 Å². The van der Waals surface area contributed by atoms with Gasteiger partial charge in [-0.1, -0.05) is 37.6 Å². The fourth-order valence-corrected chi connectivity index (χ4v) is 2.02. The summed E-state index contributed by atoms with van der Waals surface area (Å²) in [5, 5.41) is 15.5. The minimum atomic E-state index is -0.339. The molecule has 0 aliphatic carbocycles. The van der Waals surface area contributed by atoms with Gasteiger partial charge in [0, 0.05) is 0 Å². The SMILES string of the molecule is CCCCc1nnn(C(=O)n2ccnn2)c1CC(C)C. The molecule has 0 saturated carbocycles. The molecule has 0 aromatic carbocycles. The van der Waals surface area contributed by atoms with Crippen molar-refractivity contribution in [2.75, 3.05) is 0 Å². The second-order valence-corrected chi connectivity index (χ2v) is 5.23. The molecule has 0 fully saturated rings. The number of carbonyl (C=O) groups is 1. The Balaban J connectivity index is 2.32. The third-order valence-electron chi connectivity index (χ3n) is 3.01. The Kier molecular flexibility index (Phi) is 4.60. The molecule has 0 aliphatic rings. The van der Waals surface area contributed by atoms with Crippen LogP contribution in [0.3, 0.4) is 0 Å². The molecule has 0 N–H and O–H groups in total. The lowest BCUT2D eigenvalue weighted by Crippen LogP contribution is -2.24. The second kappa shape index (κ2) is 6.40. The predicted octanol–water partition coefficient (Wildman–Crippen LogP) is 1.93. The number of carbonyl (C=O) groups excluding carboxylic acids is 1. The lowest BCUT2D eigenvalue weighted by molar-refractivity contribution is 0.236. The lowest BCUT2D eigenvalue weighted by Gasteiger charge is -2.08. The number of rotatable bonds is 5. The second-order valence-electron chi connectivity index (χ2n) is 5.23. The van der Waals surface area contributed by atoms with E-state index in [2.05, 4.69) is 41.4 Å². The molecular formula is C13H20N6O. The van der Waals surface area contributed by atoms with Gasteiger partial charge in [-0.25, -0.2) is 4.79 Å². The molecule has 2 aromatic heterocycles. The molecule has 0 aliphatic heterocycles. The van der Waals surface area contributed by atoms with E-state index in [0.717, 1.165) is 37.1 Å². The smallest absolute Gasteiger partial charge is 0.243 e. The minimum Gasteiger partial charge on any atom is -0.243 e. The van der Waals surface area contributed by atoms with Crippen molar-refractivity contribution in [3.63, 3.8) is 0 Å². The third-order valence-corrected chi connectivity index (χ3v) is 3.01. The molecule has 2 aromatic rings. The zero-order valence-corrected chi connectivity index (χ0v) is 12.2. The highest BCUT2D eigenvalue weighted by Crippen LogP contribution is 2.14. The average Bonchev–Trinajstić information content (AvgIpc) is 3.05. The summed E-state index contributed by atoms with van der Waals surface area (Å²) in [4.78, 5) is 12.3. The molecule has 0 atom stereocenters. The van der Waals surface area contributed by atoms with Crippen LogP contribution >= 0.6 is 0 Å². The van der Waals surface area contributed by atoms with Crippen LogP contribution in [0.5, 0.6) is 0 Å². The third kappa shape index (κ3) is 3.09. The molecule has 0 radical (unpaired) electrons. The Morgan fingerprint density at radius 3 is 2.75 bits per heavy atom. The maximum Gasteiger partial charge on any atom is 0.372 e. The van der Waals surface area contributed by atoms with Gasteiger partial charge in [-0.2, -0.15) is 9.36 Å². The molecule has 2 rings (SSSR count). The van der Waals surface area contributed by atoms with Gasteiger partial charge in [0.1, 0.15) is 0 Å². The van der Waals surface area contributed by atoms with E-state index >= 15 is 0 Å². The van der Waals surface area contributed by atoms with Crippen LogP contribution in [0.4, 0.5) is 4.79 Å². The van der Waals surface area contributed by atoms with Crippen LogP contribution in [0, 0.1) is 5.92 Å². The van der Waals surface area contributed by atoms with Crippen molar-refractivity contribution in [2.45, 2.75) is 46.5 Å². The maximum atomic E-state index is 12.3. The van der Waals surface area contributed by atoms with E-state index in [1.54, 1.807) is 0 Å². The average molecular weight is 276 g/mol. The number of nitrogens with zero attached hydrogens (tertiary/aromatic N) is 6. The van der Waals surface area contributed by atoms with Crippen molar-refractivity contribution in [2.24, 2.45) is 5.92 Å². The Hall–Kier alpha value is -2.05. The first-order valence-corrected chi connectivity index (χ1v) is 6.98. The molecule has 2 heterocycles. The van der Waals surface area contributed by atoms with Gasteiger partial charge < -0.3 is 0 Å². The molecular weight excluding hydrogens is 256 g/mol. The summed E-state index contributed by atoms with van der Waals surface area (Å²) in [6, 6.07) is -0.339. The maximum absolute atomic E-state index is 12.3. The minimum absolute atomic E-state index is 0.339. The normalized spacial score (nSPS) is 11.2. The van der Waals surface area contributed by atoms with Gasteiger partial charge in [0.05, 0.1) is 23.8 Å². The van der Waals surface area contributed by atoms with Gasteiger partial charge >= 0.3 is 6.03 Å². The van der Waals surface area contributed by atoms with Crippen molar-refractivity contribution in [1.29, 1.82) is 0 Å². The molecule has 7 nitrogen and oxygen atoms in total. The van der Waals surface area contributed by atoms with Crippen molar-refractivity contribution in [1.82, 2.24) is 30.0 Å². The number of hydrogen-bond acceptors (Lipinski definition) is 5. The summed E-state index contributed by atoms with van der Waals surface area (Å²) in [6.07, 6.45) is 6.73. The van der Waals surface area contributed by atoms with E-state index in [4.69, 9.17) is 0 Å². The van der Waals surface area contributed by atoms with E-state index in [-0.39, 0.29) is 6.03 Å². The van der Waals surface area contributed by atoms with E-state index < -0.39 is 0 Å². The van der Waals surface area contributed by atoms with Gasteiger partial charge in [0.25, 0.3) is 0 Å². The van der Waals surface area contributed by atoms with E-state index in [0.29, 0.717) is 5.92 Å². The van der Waals surface area contributed by atoms with Crippen molar-refractivity contribution >= 4 is 6.03 Å². The fraction of sp³-hybridized carbons (Fsp3) is 0.615. The highest BCUT2D eigenvalue weighted by atomic mass is 16.2. The quantitative estimate of drug-likeness (QED) is 0.833. The van der Waals surface area contributed by atoms with Gasteiger partial charge in [0.2, 0.25) is 0 Å². The Morgan fingerprint density at radius 2 is 2.15 bits per heavy atom. The van der Waals surface area contributed by atoms with Gasteiger partial charge in [-0.05, 0) is 25.2 Å². The van der Waals surface area contributed by atoms with E-state index in [1.807, 2.05) is 0 Å². The fourth-order valence-electron chi connectivity index (χ4n) is 2.02. The predicted molar refractivity (Wildman–Crippen MR) is 73.4 cm³/mol. The van der Waals surface area contributed by atoms with Crippen LogP contribution in [0.15, 0.2) is 12.4 Å². The molecule has 0 amide bonds. The molecule has 108 valence electrons. The highest BCUT2D eigenvalue weighted by Gasteiger charge is 2.20. The summed E-state index contributed by atoms with van der Waals surface area (Å²) in [5.74, 6) is 0.427.